The molecule has 0 saturated heterocycles. The topological polar surface area (TPSA) is 96.2 Å². The molecule has 0 radical (unpaired) electrons. The summed E-state index contributed by atoms with van der Waals surface area (Å²) in [5.41, 5.74) is 3.94. The van der Waals surface area contributed by atoms with Crippen molar-refractivity contribution in [2.45, 2.75) is 58.5 Å². The lowest BCUT2D eigenvalue weighted by molar-refractivity contribution is -0.121. The van der Waals surface area contributed by atoms with Crippen LogP contribution in [0.3, 0.4) is 0 Å². The van der Waals surface area contributed by atoms with Gasteiger partial charge in [0.1, 0.15) is 5.78 Å². The van der Waals surface area contributed by atoms with Crippen LogP contribution < -0.4 is 9.47 Å². The summed E-state index contributed by atoms with van der Waals surface area (Å²) in [6.45, 7) is 4.23. The van der Waals surface area contributed by atoms with Crippen molar-refractivity contribution < 1.29 is 29.6 Å². The minimum absolute atomic E-state index is 0.0201. The van der Waals surface area contributed by atoms with Crippen LogP contribution >= 0.6 is 0 Å². The van der Waals surface area contributed by atoms with Gasteiger partial charge in [0, 0.05) is 18.4 Å². The first-order valence-corrected chi connectivity index (χ1v) is 13.2. The van der Waals surface area contributed by atoms with Gasteiger partial charge in [0.25, 0.3) is 0 Å². The zero-order valence-electron chi connectivity index (χ0n) is 22.8. The highest BCUT2D eigenvalue weighted by Crippen LogP contribution is 2.36. The smallest absolute Gasteiger partial charge is 0.163 e. The Kier molecular flexibility index (Phi) is 10.6. The predicted molar refractivity (Wildman–Crippen MR) is 149 cm³/mol. The van der Waals surface area contributed by atoms with Crippen LogP contribution in [0, 0.1) is 11.8 Å². The minimum atomic E-state index is -0.830. The van der Waals surface area contributed by atoms with Crippen molar-refractivity contribution in [3.8, 4) is 23.0 Å². The van der Waals surface area contributed by atoms with Crippen molar-refractivity contribution in [1.82, 2.24) is 0 Å². The van der Waals surface area contributed by atoms with E-state index >= 15 is 0 Å². The van der Waals surface area contributed by atoms with Gasteiger partial charge < -0.3 is 24.8 Å². The van der Waals surface area contributed by atoms with E-state index in [1.54, 1.807) is 31.4 Å². The molecule has 3 rings (SSSR count). The molecule has 0 aliphatic heterocycles. The number of carbonyl (C=O) groups excluding carboxylic acids is 1. The van der Waals surface area contributed by atoms with Gasteiger partial charge in [-0.05, 0) is 72.4 Å². The number of carbonyl (C=O) groups is 1. The Balaban J connectivity index is 1.78. The Labute approximate surface area is 225 Å². The third-order valence-electron chi connectivity index (χ3n) is 6.89. The minimum Gasteiger partial charge on any atom is -0.504 e. The van der Waals surface area contributed by atoms with Gasteiger partial charge >= 0.3 is 0 Å². The molecule has 0 aliphatic carbocycles. The SMILES string of the molecule is COc1cc(CCC(=O)C[C@@H](O)[C@H](Cc2ccccc2)Cc2ccc(O)c(OC)c2CC(C)C)ccc1O. The largest absolute Gasteiger partial charge is 0.504 e. The van der Waals surface area contributed by atoms with E-state index in [0.717, 1.165) is 28.7 Å². The fourth-order valence-electron chi connectivity index (χ4n) is 4.91. The summed E-state index contributed by atoms with van der Waals surface area (Å²) >= 11 is 0. The maximum absolute atomic E-state index is 12.9. The first-order valence-electron chi connectivity index (χ1n) is 13.2. The average Bonchev–Trinajstić information content (AvgIpc) is 2.89. The molecule has 0 fully saturated rings. The highest BCUT2D eigenvalue weighted by molar-refractivity contribution is 5.79. The molecule has 6 heteroatoms. The lowest BCUT2D eigenvalue weighted by Gasteiger charge is -2.25. The molecule has 0 amide bonds. The van der Waals surface area contributed by atoms with Gasteiger partial charge in [-0.15, -0.1) is 0 Å². The summed E-state index contributed by atoms with van der Waals surface area (Å²) in [5.74, 6) is 1.15. The number of aromatic hydroxyl groups is 2. The van der Waals surface area contributed by atoms with Crippen LogP contribution in [0.2, 0.25) is 0 Å². The van der Waals surface area contributed by atoms with Crippen molar-refractivity contribution in [3.63, 3.8) is 0 Å². The van der Waals surface area contributed by atoms with Gasteiger partial charge in [0.15, 0.2) is 23.0 Å². The van der Waals surface area contributed by atoms with E-state index in [1.807, 2.05) is 36.4 Å². The Bertz CT molecular complexity index is 1190. The number of ether oxygens (including phenoxy) is 2. The van der Waals surface area contributed by atoms with Gasteiger partial charge in [0.2, 0.25) is 0 Å². The predicted octanol–water partition coefficient (Wildman–Crippen LogP) is 5.67. The lowest BCUT2D eigenvalue weighted by atomic mass is 9.83. The Morgan fingerprint density at radius 1 is 0.842 bits per heavy atom. The maximum atomic E-state index is 12.9. The molecule has 6 nitrogen and oxygen atoms in total. The second kappa shape index (κ2) is 13.9. The van der Waals surface area contributed by atoms with E-state index in [2.05, 4.69) is 13.8 Å². The zero-order valence-corrected chi connectivity index (χ0v) is 22.8. The van der Waals surface area contributed by atoms with E-state index in [-0.39, 0.29) is 36.0 Å². The van der Waals surface area contributed by atoms with Crippen molar-refractivity contribution in [2.75, 3.05) is 14.2 Å². The molecule has 0 aliphatic rings. The van der Waals surface area contributed by atoms with Gasteiger partial charge in [0.05, 0.1) is 20.3 Å². The fraction of sp³-hybridized carbons (Fsp3) is 0.406. The normalized spacial score (nSPS) is 12.8. The Morgan fingerprint density at radius 3 is 2.21 bits per heavy atom. The van der Waals surface area contributed by atoms with Gasteiger partial charge in [-0.2, -0.15) is 0 Å². The molecule has 0 heterocycles. The van der Waals surface area contributed by atoms with Crippen LogP contribution in [0.4, 0.5) is 0 Å². The third-order valence-corrected chi connectivity index (χ3v) is 6.89. The summed E-state index contributed by atoms with van der Waals surface area (Å²) in [6, 6.07) is 18.6. The third kappa shape index (κ3) is 7.99. The number of rotatable bonds is 14. The summed E-state index contributed by atoms with van der Waals surface area (Å²) in [6.07, 6.45) is 1.92. The second-order valence-corrected chi connectivity index (χ2v) is 10.3. The number of aryl methyl sites for hydroxylation is 1. The van der Waals surface area contributed by atoms with Crippen LogP contribution in [0.5, 0.6) is 23.0 Å². The average molecular weight is 521 g/mol. The first-order chi connectivity index (χ1) is 18.2. The molecular weight excluding hydrogens is 480 g/mol. The highest BCUT2D eigenvalue weighted by atomic mass is 16.5. The number of benzene rings is 3. The van der Waals surface area contributed by atoms with Crippen molar-refractivity contribution in [1.29, 1.82) is 0 Å². The quantitative estimate of drug-likeness (QED) is 0.254. The first kappa shape index (κ1) is 29.1. The van der Waals surface area contributed by atoms with Crippen molar-refractivity contribution >= 4 is 5.78 Å². The maximum Gasteiger partial charge on any atom is 0.163 e. The molecule has 0 saturated carbocycles. The molecule has 38 heavy (non-hydrogen) atoms. The van der Waals surface area contributed by atoms with Crippen LogP contribution in [-0.2, 0) is 30.5 Å². The van der Waals surface area contributed by atoms with Crippen molar-refractivity contribution in [3.05, 3.63) is 82.9 Å². The molecule has 2 atom stereocenters. The number of methoxy groups -OCH3 is 2. The molecule has 0 unspecified atom stereocenters. The number of ketones is 1. The fourth-order valence-corrected chi connectivity index (χ4v) is 4.91. The number of hydrogen-bond acceptors (Lipinski definition) is 6. The molecule has 3 N–H and O–H groups in total. The summed E-state index contributed by atoms with van der Waals surface area (Å²) < 4.78 is 10.7. The molecule has 0 spiro atoms. The van der Waals surface area contributed by atoms with E-state index < -0.39 is 6.10 Å². The standard InChI is InChI=1S/C32H40O6/c1-21(2)16-27-24(12-15-29(35)32(27)38-4)19-25(17-22-8-6-5-7-9-22)30(36)20-26(33)13-10-23-11-14-28(34)31(18-23)37-3/h5-9,11-12,14-15,18,21,25,30,34-36H,10,13,16-17,19-20H2,1-4H3/t25-,30-/m1/s1. The van der Waals surface area contributed by atoms with E-state index in [9.17, 15) is 20.1 Å². The number of aliphatic hydroxyl groups excluding tert-OH is 1. The van der Waals surface area contributed by atoms with Crippen LogP contribution in [0.15, 0.2) is 60.7 Å². The lowest BCUT2D eigenvalue weighted by Crippen LogP contribution is -2.28. The molecule has 0 aromatic heterocycles. The number of phenolic OH excluding ortho intramolecular Hbond substituents is 2. The number of hydrogen-bond donors (Lipinski definition) is 3. The second-order valence-electron chi connectivity index (χ2n) is 10.3. The highest BCUT2D eigenvalue weighted by Gasteiger charge is 2.25. The molecule has 0 bridgehead atoms. The summed E-state index contributed by atoms with van der Waals surface area (Å²) in [4.78, 5) is 12.9. The van der Waals surface area contributed by atoms with Crippen LogP contribution in [0.1, 0.15) is 48.9 Å². The number of phenols is 2. The van der Waals surface area contributed by atoms with E-state index in [4.69, 9.17) is 9.47 Å². The molecular formula is C32H40O6. The number of Topliss-reactive ketones (excluding diaryl/α,β-unsaturated/α-hetero) is 1. The van der Waals surface area contributed by atoms with Gasteiger partial charge in [-0.25, -0.2) is 0 Å². The van der Waals surface area contributed by atoms with Gasteiger partial charge in [-0.1, -0.05) is 56.3 Å². The Morgan fingerprint density at radius 2 is 1.55 bits per heavy atom. The summed E-state index contributed by atoms with van der Waals surface area (Å²) in [5, 5.41) is 31.5. The summed E-state index contributed by atoms with van der Waals surface area (Å²) in [7, 11) is 3.05. The van der Waals surface area contributed by atoms with E-state index in [0.29, 0.717) is 36.7 Å². The van der Waals surface area contributed by atoms with Crippen LogP contribution in [0.25, 0.3) is 0 Å². The zero-order chi connectivity index (χ0) is 27.7. The van der Waals surface area contributed by atoms with Crippen molar-refractivity contribution in [2.24, 2.45) is 11.8 Å². The molecule has 3 aromatic carbocycles. The van der Waals surface area contributed by atoms with Gasteiger partial charge in [-0.3, -0.25) is 4.79 Å². The number of aliphatic hydroxyl groups is 1. The monoisotopic (exact) mass is 520 g/mol. The molecule has 204 valence electrons. The Hall–Kier alpha value is -3.51. The van der Waals surface area contributed by atoms with Crippen LogP contribution in [-0.4, -0.2) is 41.4 Å². The van der Waals surface area contributed by atoms with E-state index in [1.165, 1.54) is 7.11 Å². The molecule has 3 aromatic rings.